The third kappa shape index (κ3) is 2.59. The summed E-state index contributed by atoms with van der Waals surface area (Å²) in [6.07, 6.45) is 0. The predicted octanol–water partition coefficient (Wildman–Crippen LogP) is 3.85. The summed E-state index contributed by atoms with van der Waals surface area (Å²) < 4.78 is 0. The highest BCUT2D eigenvalue weighted by molar-refractivity contribution is 6.45. The minimum atomic E-state index is -0.560. The molecule has 4 heteroatoms. The van der Waals surface area contributed by atoms with Gasteiger partial charge in [-0.15, -0.1) is 0 Å². The first kappa shape index (κ1) is 14.9. The number of carbonyl (C=O) groups excluding carboxylic acids is 2. The van der Waals surface area contributed by atoms with Crippen molar-refractivity contribution in [3.63, 3.8) is 0 Å². The van der Waals surface area contributed by atoms with E-state index >= 15 is 0 Å². The molecule has 2 aromatic carbocycles. The summed E-state index contributed by atoms with van der Waals surface area (Å²) >= 11 is 0. The van der Waals surface area contributed by atoms with Crippen LogP contribution in [0, 0.1) is 0 Å². The molecule has 1 aliphatic rings. The maximum Gasteiger partial charge on any atom is 0.331 e. The number of oxime groups is 1. The Labute approximate surface area is 134 Å². The molecule has 0 aromatic heterocycles. The van der Waals surface area contributed by atoms with E-state index in [9.17, 15) is 9.59 Å². The Morgan fingerprint density at radius 1 is 0.957 bits per heavy atom. The van der Waals surface area contributed by atoms with Crippen LogP contribution in [0.5, 0.6) is 0 Å². The van der Waals surface area contributed by atoms with Crippen LogP contribution in [0.1, 0.15) is 35.3 Å². The van der Waals surface area contributed by atoms with E-state index in [0.29, 0.717) is 5.56 Å². The van der Waals surface area contributed by atoms with Crippen molar-refractivity contribution in [3.05, 3.63) is 65.7 Å². The Kier molecular flexibility index (Phi) is 3.66. The van der Waals surface area contributed by atoms with Crippen molar-refractivity contribution in [2.75, 3.05) is 0 Å². The number of rotatable bonds is 3. The number of ketones is 1. The molecule has 114 valence electrons. The lowest BCUT2D eigenvalue weighted by Crippen LogP contribution is -2.12. The van der Waals surface area contributed by atoms with Crippen LogP contribution in [0.25, 0.3) is 16.7 Å². The van der Waals surface area contributed by atoms with E-state index in [1.165, 1.54) is 13.8 Å². The second-order valence-corrected chi connectivity index (χ2v) is 5.37. The number of Topliss-reactive ketones (excluding diaryl/α,β-unsaturated/α-hetero) is 1. The minimum absolute atomic E-state index is 0.126. The van der Waals surface area contributed by atoms with Gasteiger partial charge in [-0.2, -0.15) is 0 Å². The molecule has 0 amide bonds. The van der Waals surface area contributed by atoms with E-state index < -0.39 is 5.97 Å². The first-order valence-corrected chi connectivity index (χ1v) is 7.19. The van der Waals surface area contributed by atoms with Crippen LogP contribution < -0.4 is 0 Å². The Morgan fingerprint density at radius 3 is 2.30 bits per heavy atom. The minimum Gasteiger partial charge on any atom is -0.318 e. The van der Waals surface area contributed by atoms with Crippen molar-refractivity contribution in [3.8, 4) is 11.1 Å². The van der Waals surface area contributed by atoms with E-state index in [1.807, 2.05) is 36.4 Å². The molecule has 2 aromatic rings. The summed E-state index contributed by atoms with van der Waals surface area (Å²) in [5.41, 5.74) is 5.73. The first-order valence-electron chi connectivity index (χ1n) is 7.19. The zero-order chi connectivity index (χ0) is 16.6. The standard InChI is InChI=1S/C19H15NO3/c1-11-15-6-4-5-7-16(15)17-9-8-14(10-18(11)17)19(22)12(2)20-23-13(3)21/h4-10H,1H2,2-3H3/b20-12-. The molecule has 0 spiro atoms. The molecular weight excluding hydrogens is 290 g/mol. The maximum atomic E-state index is 12.4. The third-order valence-electron chi connectivity index (χ3n) is 3.79. The van der Waals surface area contributed by atoms with Crippen molar-refractivity contribution in [1.82, 2.24) is 0 Å². The van der Waals surface area contributed by atoms with Crippen LogP contribution in [-0.4, -0.2) is 17.5 Å². The number of carbonyl (C=O) groups is 2. The van der Waals surface area contributed by atoms with Gasteiger partial charge in [-0.3, -0.25) is 4.79 Å². The van der Waals surface area contributed by atoms with Crippen LogP contribution in [0.2, 0.25) is 0 Å². The zero-order valence-corrected chi connectivity index (χ0v) is 12.9. The zero-order valence-electron chi connectivity index (χ0n) is 12.9. The molecule has 0 N–H and O–H groups in total. The van der Waals surface area contributed by atoms with Gasteiger partial charge >= 0.3 is 5.97 Å². The molecule has 0 aliphatic heterocycles. The number of benzene rings is 2. The quantitative estimate of drug-likeness (QED) is 0.320. The molecule has 3 rings (SSSR count). The number of hydrogen-bond donors (Lipinski definition) is 0. The molecule has 0 saturated heterocycles. The van der Waals surface area contributed by atoms with Gasteiger partial charge in [0.2, 0.25) is 5.78 Å². The predicted molar refractivity (Wildman–Crippen MR) is 89.2 cm³/mol. The largest absolute Gasteiger partial charge is 0.331 e. The summed E-state index contributed by atoms with van der Waals surface area (Å²) in [6, 6.07) is 13.5. The third-order valence-corrected chi connectivity index (χ3v) is 3.79. The van der Waals surface area contributed by atoms with Gasteiger partial charge in [0.05, 0.1) is 0 Å². The maximum absolute atomic E-state index is 12.4. The van der Waals surface area contributed by atoms with Gasteiger partial charge in [-0.05, 0) is 40.8 Å². The van der Waals surface area contributed by atoms with E-state index in [1.54, 1.807) is 6.07 Å². The molecule has 0 bridgehead atoms. The molecule has 0 heterocycles. The van der Waals surface area contributed by atoms with Gasteiger partial charge in [-0.1, -0.05) is 48.1 Å². The molecule has 1 aliphatic carbocycles. The van der Waals surface area contributed by atoms with E-state index in [-0.39, 0.29) is 11.5 Å². The highest BCUT2D eigenvalue weighted by Gasteiger charge is 2.23. The lowest BCUT2D eigenvalue weighted by atomic mass is 9.99. The van der Waals surface area contributed by atoms with Crippen LogP contribution in [0.15, 0.2) is 54.2 Å². The van der Waals surface area contributed by atoms with Crippen LogP contribution in [0.3, 0.4) is 0 Å². The monoisotopic (exact) mass is 305 g/mol. The van der Waals surface area contributed by atoms with Gasteiger partial charge in [0.25, 0.3) is 0 Å². The van der Waals surface area contributed by atoms with Crippen molar-refractivity contribution in [1.29, 1.82) is 0 Å². The van der Waals surface area contributed by atoms with Gasteiger partial charge in [0.1, 0.15) is 5.71 Å². The summed E-state index contributed by atoms with van der Waals surface area (Å²) in [7, 11) is 0. The molecule has 0 fully saturated rings. The smallest absolute Gasteiger partial charge is 0.318 e. The van der Waals surface area contributed by atoms with Crippen molar-refractivity contribution in [2.45, 2.75) is 13.8 Å². The Morgan fingerprint density at radius 2 is 1.61 bits per heavy atom. The van der Waals surface area contributed by atoms with Crippen LogP contribution in [-0.2, 0) is 9.63 Å². The summed E-state index contributed by atoms with van der Waals surface area (Å²) in [5, 5.41) is 3.55. The first-order chi connectivity index (χ1) is 11.0. The number of fused-ring (bicyclic) bond motifs is 3. The summed E-state index contributed by atoms with van der Waals surface area (Å²) in [5.74, 6) is -0.840. The fourth-order valence-electron chi connectivity index (χ4n) is 2.68. The topological polar surface area (TPSA) is 55.7 Å². The van der Waals surface area contributed by atoms with E-state index in [4.69, 9.17) is 0 Å². The van der Waals surface area contributed by atoms with Crippen molar-refractivity contribution < 1.29 is 14.4 Å². The highest BCUT2D eigenvalue weighted by Crippen LogP contribution is 2.43. The Bertz CT molecular complexity index is 878. The van der Waals surface area contributed by atoms with E-state index in [2.05, 4.69) is 16.6 Å². The second kappa shape index (κ2) is 5.65. The van der Waals surface area contributed by atoms with Crippen LogP contribution in [0.4, 0.5) is 0 Å². The summed E-state index contributed by atoms with van der Waals surface area (Å²) in [4.78, 5) is 27.7. The highest BCUT2D eigenvalue weighted by atomic mass is 16.7. The normalized spacial score (nSPS) is 12.6. The van der Waals surface area contributed by atoms with Crippen molar-refractivity contribution in [2.24, 2.45) is 5.16 Å². The molecule has 0 unspecified atom stereocenters. The fourth-order valence-corrected chi connectivity index (χ4v) is 2.68. The lowest BCUT2D eigenvalue weighted by molar-refractivity contribution is -0.140. The lowest BCUT2D eigenvalue weighted by Gasteiger charge is -2.05. The van der Waals surface area contributed by atoms with Gasteiger partial charge in [-0.25, -0.2) is 4.79 Å². The molecule has 23 heavy (non-hydrogen) atoms. The molecule has 0 atom stereocenters. The summed E-state index contributed by atoms with van der Waals surface area (Å²) in [6.45, 7) is 6.88. The number of hydrogen-bond acceptors (Lipinski definition) is 4. The number of nitrogens with zero attached hydrogens (tertiary/aromatic N) is 1. The van der Waals surface area contributed by atoms with Crippen molar-refractivity contribution >= 4 is 23.0 Å². The molecular formula is C19H15NO3. The van der Waals surface area contributed by atoms with Gasteiger partial charge < -0.3 is 4.84 Å². The Hall–Kier alpha value is -3.01. The SMILES string of the molecule is C=C1c2ccccc2-c2ccc(C(=O)/C(C)=N\OC(C)=O)cc21. The average molecular weight is 305 g/mol. The molecule has 4 nitrogen and oxygen atoms in total. The molecule has 0 saturated carbocycles. The van der Waals surface area contributed by atoms with Gasteiger partial charge in [0.15, 0.2) is 0 Å². The molecule has 0 radical (unpaired) electrons. The van der Waals surface area contributed by atoms with E-state index in [0.717, 1.165) is 27.8 Å². The fraction of sp³-hybridized carbons (Fsp3) is 0.105. The average Bonchev–Trinajstić information content (AvgIpc) is 2.85. The van der Waals surface area contributed by atoms with Crippen LogP contribution >= 0.6 is 0 Å². The Balaban J connectivity index is 1.97. The van der Waals surface area contributed by atoms with Gasteiger partial charge in [0, 0.05) is 12.5 Å². The second-order valence-electron chi connectivity index (χ2n) is 5.37.